The highest BCUT2D eigenvalue weighted by Gasteiger charge is 2.10. The Morgan fingerprint density at radius 1 is 1.26 bits per heavy atom. The summed E-state index contributed by atoms with van der Waals surface area (Å²) in [6.45, 7) is 3.57. The lowest BCUT2D eigenvalue weighted by atomic mass is 10.2. The van der Waals surface area contributed by atoms with Crippen molar-refractivity contribution < 1.29 is 5.11 Å². The van der Waals surface area contributed by atoms with Crippen molar-refractivity contribution in [1.82, 2.24) is 19.6 Å². The summed E-state index contributed by atoms with van der Waals surface area (Å²) in [5, 5.41) is 19.1. The Morgan fingerprint density at radius 3 is 2.84 bits per heavy atom. The molecule has 5 nitrogen and oxygen atoms in total. The molecule has 0 atom stereocenters. The van der Waals surface area contributed by atoms with Gasteiger partial charge in [0.25, 0.3) is 0 Å². The predicted octanol–water partition coefficient (Wildman–Crippen LogP) is 1.79. The Hall–Kier alpha value is -2.14. The van der Waals surface area contributed by atoms with Crippen molar-refractivity contribution >= 4 is 10.9 Å². The van der Waals surface area contributed by atoms with Gasteiger partial charge in [-0.15, -0.1) is 0 Å². The average Bonchev–Trinajstić information content (AvgIpc) is 3.04. The Labute approximate surface area is 111 Å². The van der Waals surface area contributed by atoms with Crippen molar-refractivity contribution in [1.29, 1.82) is 0 Å². The molecule has 0 aliphatic rings. The molecular formula is C14H16N4O. The number of fused-ring (bicyclic) bond motifs is 1. The van der Waals surface area contributed by atoms with Crippen LogP contribution in [0.25, 0.3) is 10.9 Å². The third-order valence-corrected chi connectivity index (χ3v) is 3.22. The van der Waals surface area contributed by atoms with E-state index in [1.165, 1.54) is 0 Å². The molecule has 0 radical (unpaired) electrons. The summed E-state index contributed by atoms with van der Waals surface area (Å²) in [6, 6.07) is 8.21. The Kier molecular flexibility index (Phi) is 3.05. The lowest BCUT2D eigenvalue weighted by Gasteiger charge is -1.98. The van der Waals surface area contributed by atoms with Gasteiger partial charge in [-0.25, -0.2) is 0 Å². The second kappa shape index (κ2) is 4.85. The van der Waals surface area contributed by atoms with Crippen LogP contribution in [0.1, 0.15) is 18.2 Å². The van der Waals surface area contributed by atoms with Crippen molar-refractivity contribution in [3.63, 3.8) is 0 Å². The van der Waals surface area contributed by atoms with E-state index in [0.29, 0.717) is 6.54 Å². The quantitative estimate of drug-likeness (QED) is 0.774. The van der Waals surface area contributed by atoms with Crippen molar-refractivity contribution in [2.45, 2.75) is 26.6 Å². The molecule has 19 heavy (non-hydrogen) atoms. The minimum atomic E-state index is 0.0180. The summed E-state index contributed by atoms with van der Waals surface area (Å²) >= 11 is 0. The summed E-state index contributed by atoms with van der Waals surface area (Å²) in [5.41, 5.74) is 2.97. The number of hydrogen-bond acceptors (Lipinski definition) is 3. The lowest BCUT2D eigenvalue weighted by molar-refractivity contribution is 0.281. The maximum absolute atomic E-state index is 9.06. The van der Waals surface area contributed by atoms with E-state index < -0.39 is 0 Å². The smallest absolute Gasteiger partial charge is 0.0918 e. The van der Waals surface area contributed by atoms with Gasteiger partial charge >= 0.3 is 0 Å². The first-order valence-electron chi connectivity index (χ1n) is 6.38. The SMILES string of the molecule is CCn1nc(Cn2cc(CO)cn2)c2ccccc21. The zero-order valence-corrected chi connectivity index (χ0v) is 10.8. The summed E-state index contributed by atoms with van der Waals surface area (Å²) in [5.74, 6) is 0. The first kappa shape index (κ1) is 11.9. The van der Waals surface area contributed by atoms with Crippen LogP contribution in [-0.2, 0) is 19.7 Å². The number of aromatic nitrogens is 4. The van der Waals surface area contributed by atoms with E-state index in [1.54, 1.807) is 10.9 Å². The molecule has 2 heterocycles. The minimum absolute atomic E-state index is 0.0180. The number of rotatable bonds is 4. The molecule has 2 aromatic heterocycles. The molecule has 0 fully saturated rings. The van der Waals surface area contributed by atoms with Gasteiger partial charge in [0.05, 0.1) is 30.6 Å². The van der Waals surface area contributed by atoms with E-state index in [1.807, 2.05) is 23.0 Å². The van der Waals surface area contributed by atoms with Crippen LogP contribution in [0, 0.1) is 0 Å². The van der Waals surface area contributed by atoms with Crippen LogP contribution in [0.15, 0.2) is 36.7 Å². The standard InChI is InChI=1S/C14H16N4O/c1-2-18-14-6-4-3-5-12(14)13(16-18)9-17-8-11(10-19)7-15-17/h3-8,19H,2,9-10H2,1H3. The molecule has 0 spiro atoms. The molecule has 1 N–H and O–H groups in total. The molecule has 0 aliphatic carbocycles. The summed E-state index contributed by atoms with van der Waals surface area (Å²) in [4.78, 5) is 0. The van der Waals surface area contributed by atoms with Crippen LogP contribution in [0.2, 0.25) is 0 Å². The number of hydrogen-bond donors (Lipinski definition) is 1. The van der Waals surface area contributed by atoms with E-state index in [-0.39, 0.29) is 6.61 Å². The zero-order valence-electron chi connectivity index (χ0n) is 10.8. The topological polar surface area (TPSA) is 55.9 Å². The largest absolute Gasteiger partial charge is 0.392 e. The van der Waals surface area contributed by atoms with E-state index in [9.17, 15) is 0 Å². The highest BCUT2D eigenvalue weighted by atomic mass is 16.3. The molecule has 0 saturated carbocycles. The number of nitrogens with zero attached hydrogens (tertiary/aromatic N) is 4. The molecule has 3 rings (SSSR count). The maximum Gasteiger partial charge on any atom is 0.0918 e. The van der Waals surface area contributed by atoms with Crippen molar-refractivity contribution in [2.24, 2.45) is 0 Å². The van der Waals surface area contributed by atoms with E-state index >= 15 is 0 Å². The molecule has 1 aromatic carbocycles. The fourth-order valence-electron chi connectivity index (χ4n) is 2.28. The summed E-state index contributed by atoms with van der Waals surface area (Å²) in [6.07, 6.45) is 3.53. The highest BCUT2D eigenvalue weighted by molar-refractivity contribution is 5.81. The Bertz CT molecular complexity index is 698. The molecule has 98 valence electrons. The lowest BCUT2D eigenvalue weighted by Crippen LogP contribution is -2.03. The first-order chi connectivity index (χ1) is 9.31. The van der Waals surface area contributed by atoms with E-state index in [4.69, 9.17) is 5.11 Å². The normalized spacial score (nSPS) is 11.3. The van der Waals surface area contributed by atoms with Crippen LogP contribution in [0.3, 0.4) is 0 Å². The van der Waals surface area contributed by atoms with Crippen molar-refractivity contribution in [3.8, 4) is 0 Å². The number of aryl methyl sites for hydroxylation is 1. The van der Waals surface area contributed by atoms with E-state index in [2.05, 4.69) is 29.3 Å². The van der Waals surface area contributed by atoms with Crippen LogP contribution in [0.5, 0.6) is 0 Å². The minimum Gasteiger partial charge on any atom is -0.392 e. The van der Waals surface area contributed by atoms with Crippen LogP contribution < -0.4 is 0 Å². The van der Waals surface area contributed by atoms with Crippen LogP contribution in [-0.4, -0.2) is 24.7 Å². The molecule has 3 aromatic rings. The third-order valence-electron chi connectivity index (χ3n) is 3.22. The van der Waals surface area contributed by atoms with Gasteiger partial charge in [0.1, 0.15) is 0 Å². The van der Waals surface area contributed by atoms with Gasteiger partial charge in [-0.2, -0.15) is 10.2 Å². The maximum atomic E-state index is 9.06. The molecule has 0 unspecified atom stereocenters. The second-order valence-electron chi connectivity index (χ2n) is 4.48. The Morgan fingerprint density at radius 2 is 2.11 bits per heavy atom. The van der Waals surface area contributed by atoms with Crippen molar-refractivity contribution in [2.75, 3.05) is 0 Å². The van der Waals surface area contributed by atoms with Gasteiger partial charge in [0, 0.05) is 23.7 Å². The van der Waals surface area contributed by atoms with Crippen LogP contribution >= 0.6 is 0 Å². The van der Waals surface area contributed by atoms with Gasteiger partial charge in [0.15, 0.2) is 0 Å². The molecule has 0 amide bonds. The zero-order chi connectivity index (χ0) is 13.2. The molecule has 0 aliphatic heterocycles. The molecular weight excluding hydrogens is 240 g/mol. The molecule has 0 bridgehead atoms. The van der Waals surface area contributed by atoms with Crippen LogP contribution in [0.4, 0.5) is 0 Å². The second-order valence-corrected chi connectivity index (χ2v) is 4.48. The van der Waals surface area contributed by atoms with Gasteiger partial charge < -0.3 is 5.11 Å². The first-order valence-corrected chi connectivity index (χ1v) is 6.38. The van der Waals surface area contributed by atoms with Crippen molar-refractivity contribution in [3.05, 3.63) is 47.9 Å². The molecule has 5 heteroatoms. The summed E-state index contributed by atoms with van der Waals surface area (Å²) in [7, 11) is 0. The number of para-hydroxylation sites is 1. The predicted molar refractivity (Wildman–Crippen MR) is 72.7 cm³/mol. The number of benzene rings is 1. The number of aliphatic hydroxyl groups is 1. The monoisotopic (exact) mass is 256 g/mol. The third kappa shape index (κ3) is 2.13. The molecule has 0 saturated heterocycles. The number of aliphatic hydroxyl groups excluding tert-OH is 1. The fourth-order valence-corrected chi connectivity index (χ4v) is 2.28. The van der Waals surface area contributed by atoms with Gasteiger partial charge in [-0.05, 0) is 13.0 Å². The van der Waals surface area contributed by atoms with Gasteiger partial charge in [-0.1, -0.05) is 18.2 Å². The fraction of sp³-hybridized carbons (Fsp3) is 0.286. The van der Waals surface area contributed by atoms with Gasteiger partial charge in [0.2, 0.25) is 0 Å². The Balaban J connectivity index is 2.00. The average molecular weight is 256 g/mol. The van der Waals surface area contributed by atoms with E-state index in [0.717, 1.165) is 28.7 Å². The van der Waals surface area contributed by atoms with Gasteiger partial charge in [-0.3, -0.25) is 9.36 Å². The highest BCUT2D eigenvalue weighted by Crippen LogP contribution is 2.19. The summed E-state index contributed by atoms with van der Waals surface area (Å²) < 4.78 is 3.81.